The molecular formula is C25H27ClN4O3S. The van der Waals surface area contributed by atoms with Gasteiger partial charge < -0.3 is 14.9 Å². The van der Waals surface area contributed by atoms with E-state index >= 15 is 0 Å². The van der Waals surface area contributed by atoms with Crippen molar-refractivity contribution in [2.45, 2.75) is 37.2 Å². The van der Waals surface area contributed by atoms with Crippen LogP contribution in [0.2, 0.25) is 5.02 Å². The van der Waals surface area contributed by atoms with Crippen LogP contribution in [-0.4, -0.2) is 67.9 Å². The van der Waals surface area contributed by atoms with Gasteiger partial charge >= 0.3 is 6.03 Å². The summed E-state index contributed by atoms with van der Waals surface area (Å²) in [6, 6.07) is 12.0. The summed E-state index contributed by atoms with van der Waals surface area (Å²) in [5, 5.41) is 12.8. The zero-order valence-electron chi connectivity index (χ0n) is 19.0. The van der Waals surface area contributed by atoms with Crippen molar-refractivity contribution in [1.29, 1.82) is 0 Å². The number of imidazole rings is 1. The van der Waals surface area contributed by atoms with Gasteiger partial charge in [0.1, 0.15) is 5.82 Å². The molecule has 0 spiro atoms. The second-order valence-electron chi connectivity index (χ2n) is 8.94. The highest BCUT2D eigenvalue weighted by atomic mass is 35.5. The molecule has 1 unspecified atom stereocenters. The third-order valence-electron chi connectivity index (χ3n) is 6.79. The smallest absolute Gasteiger partial charge is 0.330 e. The van der Waals surface area contributed by atoms with Crippen LogP contribution >= 0.6 is 23.4 Å². The number of nitrogens with zero attached hydrogens (tertiary/aromatic N) is 4. The number of carbonyl (C=O) groups excluding carboxylic acids is 2. The molecule has 1 fully saturated rings. The second-order valence-corrected chi connectivity index (χ2v) is 10.5. The summed E-state index contributed by atoms with van der Waals surface area (Å²) in [5.74, 6) is 0.764. The molecule has 0 saturated carbocycles. The molecule has 2 aliphatic heterocycles. The van der Waals surface area contributed by atoms with E-state index < -0.39 is 5.92 Å². The number of thioether (sulfide) groups is 1. The molecule has 1 aromatic heterocycles. The van der Waals surface area contributed by atoms with Crippen LogP contribution in [0.3, 0.4) is 0 Å². The van der Waals surface area contributed by atoms with Gasteiger partial charge in [-0.2, -0.15) is 0 Å². The van der Waals surface area contributed by atoms with E-state index in [2.05, 4.69) is 11.1 Å². The molecule has 178 valence electrons. The maximum atomic E-state index is 13.1. The van der Waals surface area contributed by atoms with Gasteiger partial charge in [0.15, 0.2) is 0 Å². The molecule has 0 radical (unpaired) electrons. The lowest BCUT2D eigenvalue weighted by Crippen LogP contribution is -2.49. The van der Waals surface area contributed by atoms with Gasteiger partial charge in [-0.3, -0.25) is 9.36 Å². The maximum Gasteiger partial charge on any atom is 0.330 e. The van der Waals surface area contributed by atoms with E-state index in [4.69, 9.17) is 11.6 Å². The molecule has 1 atom stereocenters. The summed E-state index contributed by atoms with van der Waals surface area (Å²) in [4.78, 5) is 34.9. The van der Waals surface area contributed by atoms with Gasteiger partial charge in [-0.1, -0.05) is 23.7 Å². The van der Waals surface area contributed by atoms with Gasteiger partial charge in [0, 0.05) is 34.8 Å². The molecule has 0 aliphatic carbocycles. The molecule has 9 heteroatoms. The number of amides is 2. The summed E-state index contributed by atoms with van der Waals surface area (Å²) in [7, 11) is 0. The fourth-order valence-corrected chi connectivity index (χ4v) is 6.06. The molecule has 1 N–H and O–H groups in total. The highest BCUT2D eigenvalue weighted by molar-refractivity contribution is 7.99. The van der Waals surface area contributed by atoms with E-state index in [0.29, 0.717) is 36.2 Å². The van der Waals surface area contributed by atoms with Crippen molar-refractivity contribution in [3.63, 3.8) is 0 Å². The van der Waals surface area contributed by atoms with Crippen LogP contribution in [0.15, 0.2) is 47.5 Å². The first-order chi connectivity index (χ1) is 16.4. The molecule has 1 saturated heterocycles. The summed E-state index contributed by atoms with van der Waals surface area (Å²) < 4.78 is 1.68. The Kier molecular flexibility index (Phi) is 6.55. The number of aryl methyl sites for hydroxylation is 1. The maximum absolute atomic E-state index is 13.1. The van der Waals surface area contributed by atoms with Crippen LogP contribution in [0, 0.1) is 12.8 Å². The Morgan fingerprint density at radius 2 is 1.94 bits per heavy atom. The first kappa shape index (κ1) is 23.2. The highest BCUT2D eigenvalue weighted by Crippen LogP contribution is 2.29. The Morgan fingerprint density at radius 3 is 2.68 bits per heavy atom. The summed E-state index contributed by atoms with van der Waals surface area (Å²) in [6.45, 7) is 3.43. The van der Waals surface area contributed by atoms with Crippen molar-refractivity contribution in [2.75, 3.05) is 25.4 Å². The summed E-state index contributed by atoms with van der Waals surface area (Å²) in [5.41, 5.74) is 0.926. The number of carbonyl (C=O) groups is 2. The van der Waals surface area contributed by atoms with Crippen molar-refractivity contribution < 1.29 is 14.7 Å². The fraction of sp³-hybridized carbons (Fsp3) is 0.400. The Hall–Kier alpha value is -2.55. The van der Waals surface area contributed by atoms with E-state index in [0.717, 1.165) is 34.2 Å². The number of rotatable bonds is 6. The van der Waals surface area contributed by atoms with Crippen LogP contribution in [0.4, 0.5) is 4.79 Å². The molecule has 7 nitrogen and oxygen atoms in total. The molecule has 3 heterocycles. The predicted molar refractivity (Wildman–Crippen MR) is 133 cm³/mol. The minimum atomic E-state index is -0.453. The first-order valence-corrected chi connectivity index (χ1v) is 12.9. The third-order valence-corrected chi connectivity index (χ3v) is 8.18. The Morgan fingerprint density at radius 1 is 1.21 bits per heavy atom. The van der Waals surface area contributed by atoms with Gasteiger partial charge in [0.25, 0.3) is 0 Å². The third kappa shape index (κ3) is 4.42. The van der Waals surface area contributed by atoms with Crippen molar-refractivity contribution in [3.05, 3.63) is 59.1 Å². The monoisotopic (exact) mass is 498 g/mol. The van der Waals surface area contributed by atoms with Gasteiger partial charge in [0.05, 0.1) is 31.0 Å². The van der Waals surface area contributed by atoms with Crippen LogP contribution in [0.1, 0.15) is 24.4 Å². The minimum Gasteiger partial charge on any atom is -0.396 e. The quantitative estimate of drug-likeness (QED) is 0.516. The van der Waals surface area contributed by atoms with Gasteiger partial charge in [-0.15, -0.1) is 11.8 Å². The van der Waals surface area contributed by atoms with Crippen LogP contribution in [0.25, 0.3) is 10.8 Å². The Labute approximate surface area is 207 Å². The lowest BCUT2D eigenvalue weighted by molar-refractivity contribution is -0.137. The second kappa shape index (κ2) is 9.60. The number of aliphatic hydroxyl groups excluding tert-OH is 1. The van der Waals surface area contributed by atoms with E-state index in [1.54, 1.807) is 22.5 Å². The fourth-order valence-electron chi connectivity index (χ4n) is 4.86. The molecule has 34 heavy (non-hydrogen) atoms. The number of hydrogen-bond donors (Lipinski definition) is 1. The zero-order chi connectivity index (χ0) is 23.8. The standard InChI is InChI=1S/C25H27ClN4O3S/c1-16-27-12-22-13-29(25(33)30(16)22)21-6-8-28(9-7-21)24(32)19(14-31)15-34-23-5-3-17-10-20(26)4-2-18(17)11-23/h2-5,10-12,19,21,31H,6-9,13-15H2,1H3. The topological polar surface area (TPSA) is 78.7 Å². The van der Waals surface area contributed by atoms with Crippen molar-refractivity contribution in [2.24, 2.45) is 5.92 Å². The van der Waals surface area contributed by atoms with Crippen molar-refractivity contribution >= 4 is 46.1 Å². The van der Waals surface area contributed by atoms with Gasteiger partial charge in [-0.25, -0.2) is 9.78 Å². The lowest BCUT2D eigenvalue weighted by atomic mass is 10.0. The van der Waals surface area contributed by atoms with E-state index in [1.807, 2.05) is 47.1 Å². The number of halogens is 1. The lowest BCUT2D eigenvalue weighted by Gasteiger charge is -2.37. The number of hydrogen-bond acceptors (Lipinski definition) is 5. The van der Waals surface area contributed by atoms with Crippen LogP contribution < -0.4 is 0 Å². The normalized spacial score (nSPS) is 17.4. The number of piperidine rings is 1. The van der Waals surface area contributed by atoms with Crippen LogP contribution in [-0.2, 0) is 11.3 Å². The molecule has 2 aliphatic rings. The van der Waals surface area contributed by atoms with Gasteiger partial charge in [-0.05, 0) is 54.8 Å². The molecule has 2 amide bonds. The molecule has 3 aromatic rings. The van der Waals surface area contributed by atoms with E-state index in [-0.39, 0.29) is 24.6 Å². The molecule has 5 rings (SSSR count). The summed E-state index contributed by atoms with van der Waals surface area (Å²) in [6.07, 6.45) is 3.25. The molecular weight excluding hydrogens is 472 g/mol. The Balaban J connectivity index is 1.16. The highest BCUT2D eigenvalue weighted by Gasteiger charge is 2.37. The number of aromatic nitrogens is 2. The SMILES string of the molecule is Cc1ncc2n1C(=O)N(C1CCN(C(=O)C(CO)CSc3ccc4cc(Cl)ccc4c3)CC1)C2. The first-order valence-electron chi connectivity index (χ1n) is 11.5. The average molecular weight is 499 g/mol. The predicted octanol–water partition coefficient (Wildman–Crippen LogP) is 4.17. The minimum absolute atomic E-state index is 0.0138. The summed E-state index contributed by atoms with van der Waals surface area (Å²) >= 11 is 7.64. The van der Waals surface area contributed by atoms with Crippen LogP contribution in [0.5, 0.6) is 0 Å². The van der Waals surface area contributed by atoms with E-state index in [1.165, 1.54) is 0 Å². The van der Waals surface area contributed by atoms with E-state index in [9.17, 15) is 14.7 Å². The number of likely N-dealkylation sites (tertiary alicyclic amines) is 1. The zero-order valence-corrected chi connectivity index (χ0v) is 20.6. The largest absolute Gasteiger partial charge is 0.396 e. The Bertz CT molecular complexity index is 1240. The number of benzene rings is 2. The van der Waals surface area contributed by atoms with Crippen molar-refractivity contribution in [3.8, 4) is 0 Å². The molecule has 2 aromatic carbocycles. The van der Waals surface area contributed by atoms with Gasteiger partial charge in [0.2, 0.25) is 5.91 Å². The number of fused-ring (bicyclic) bond motifs is 2. The molecule has 0 bridgehead atoms. The van der Waals surface area contributed by atoms with Crippen molar-refractivity contribution in [1.82, 2.24) is 19.4 Å². The average Bonchev–Trinajstić information content (AvgIpc) is 3.38. The number of aliphatic hydroxyl groups is 1.